The number of sulfonamides is 1. The highest BCUT2D eigenvalue weighted by Gasteiger charge is 2.33. The number of nitrogens with zero attached hydrogens (tertiary/aromatic N) is 1. The maximum atomic E-state index is 12.8. The molecular formula is C19H22N2O4S. The van der Waals surface area contributed by atoms with Crippen molar-refractivity contribution >= 4 is 27.3 Å². The summed E-state index contributed by atoms with van der Waals surface area (Å²) >= 11 is 0. The second-order valence-electron chi connectivity index (χ2n) is 6.44. The van der Waals surface area contributed by atoms with Crippen LogP contribution in [0.4, 0.5) is 11.4 Å². The van der Waals surface area contributed by atoms with Crippen LogP contribution in [0.2, 0.25) is 0 Å². The van der Waals surface area contributed by atoms with Gasteiger partial charge in [0.05, 0.1) is 19.8 Å². The molecule has 0 heterocycles. The van der Waals surface area contributed by atoms with Gasteiger partial charge in [-0.25, -0.2) is 8.42 Å². The number of anilines is 2. The van der Waals surface area contributed by atoms with Gasteiger partial charge in [-0.1, -0.05) is 12.1 Å². The minimum Gasteiger partial charge on any atom is -0.497 e. The molecule has 0 aliphatic heterocycles. The third-order valence-electron chi connectivity index (χ3n) is 4.14. The highest BCUT2D eigenvalue weighted by atomic mass is 32.2. The molecule has 1 amide bonds. The first-order chi connectivity index (χ1) is 12.4. The Morgan fingerprint density at radius 2 is 1.73 bits per heavy atom. The van der Waals surface area contributed by atoms with E-state index in [4.69, 9.17) is 4.74 Å². The molecule has 2 aromatic rings. The van der Waals surface area contributed by atoms with Gasteiger partial charge in [-0.2, -0.15) is 0 Å². The van der Waals surface area contributed by atoms with Crippen LogP contribution >= 0.6 is 0 Å². The lowest BCUT2D eigenvalue weighted by molar-refractivity contribution is -0.118. The van der Waals surface area contributed by atoms with Crippen molar-refractivity contribution in [3.05, 3.63) is 54.1 Å². The molecule has 1 aliphatic carbocycles. The number of nitrogens with one attached hydrogen (secondary N) is 1. The Morgan fingerprint density at radius 1 is 1.12 bits per heavy atom. The quantitative estimate of drug-likeness (QED) is 0.809. The summed E-state index contributed by atoms with van der Waals surface area (Å²) < 4.78 is 30.2. The Bertz CT molecular complexity index is 873. The van der Waals surface area contributed by atoms with Gasteiger partial charge in [-0.05, 0) is 54.8 Å². The molecule has 0 spiro atoms. The number of hydrogen-bond donors (Lipinski definition) is 1. The number of ether oxygens (including phenoxy) is 1. The molecule has 1 fully saturated rings. The molecule has 3 rings (SSSR count). The van der Waals surface area contributed by atoms with E-state index in [1.54, 1.807) is 31.4 Å². The number of rotatable bonds is 7. The Morgan fingerprint density at radius 3 is 2.23 bits per heavy atom. The van der Waals surface area contributed by atoms with Crippen LogP contribution in [0.25, 0.3) is 0 Å². The van der Waals surface area contributed by atoms with E-state index in [0.717, 1.165) is 36.1 Å². The summed E-state index contributed by atoms with van der Waals surface area (Å²) in [6.45, 7) is 0. The van der Waals surface area contributed by atoms with Crippen LogP contribution in [0.3, 0.4) is 0 Å². The van der Waals surface area contributed by atoms with E-state index in [9.17, 15) is 13.2 Å². The first-order valence-electron chi connectivity index (χ1n) is 8.38. The lowest BCUT2D eigenvalue weighted by Crippen LogP contribution is -2.34. The maximum Gasteiger partial charge on any atom is 0.231 e. The summed E-state index contributed by atoms with van der Waals surface area (Å²) in [6, 6.07) is 14.6. The zero-order valence-electron chi connectivity index (χ0n) is 14.8. The van der Waals surface area contributed by atoms with Crippen LogP contribution in [-0.4, -0.2) is 33.7 Å². The van der Waals surface area contributed by atoms with Crippen LogP contribution < -0.4 is 14.4 Å². The minimum atomic E-state index is -3.32. The van der Waals surface area contributed by atoms with Gasteiger partial charge in [0.2, 0.25) is 15.9 Å². The van der Waals surface area contributed by atoms with E-state index in [0.29, 0.717) is 12.1 Å². The van der Waals surface area contributed by atoms with E-state index < -0.39 is 10.0 Å². The zero-order chi connectivity index (χ0) is 18.7. The molecule has 0 bridgehead atoms. The largest absolute Gasteiger partial charge is 0.497 e. The van der Waals surface area contributed by atoms with E-state index in [2.05, 4.69) is 4.72 Å². The van der Waals surface area contributed by atoms with Gasteiger partial charge in [0.1, 0.15) is 5.75 Å². The van der Waals surface area contributed by atoms with E-state index in [1.807, 2.05) is 29.2 Å². The molecule has 1 saturated carbocycles. The standard InChI is InChI=1S/C19H22N2O4S/c1-25-18-11-3-14(4-12-18)13-19(22)21(17-9-10-17)16-7-5-15(6-8-16)20-26(2,23)24/h3-8,11-12,17,20H,9-10,13H2,1-2H3. The summed E-state index contributed by atoms with van der Waals surface area (Å²) in [5.41, 5.74) is 2.19. The number of methoxy groups -OCH3 is 1. The van der Waals surface area contributed by atoms with E-state index in [-0.39, 0.29) is 11.9 Å². The van der Waals surface area contributed by atoms with Crippen molar-refractivity contribution in [3.8, 4) is 5.75 Å². The van der Waals surface area contributed by atoms with Crippen molar-refractivity contribution in [2.75, 3.05) is 23.0 Å². The second kappa shape index (κ2) is 7.37. The second-order valence-corrected chi connectivity index (χ2v) is 8.19. The number of hydrogen-bond acceptors (Lipinski definition) is 4. The summed E-state index contributed by atoms with van der Waals surface area (Å²) in [4.78, 5) is 14.7. The molecule has 0 saturated heterocycles. The van der Waals surface area contributed by atoms with Crippen LogP contribution in [-0.2, 0) is 21.2 Å². The van der Waals surface area contributed by atoms with Crippen molar-refractivity contribution < 1.29 is 17.9 Å². The van der Waals surface area contributed by atoms with Crippen LogP contribution in [0.5, 0.6) is 5.75 Å². The smallest absolute Gasteiger partial charge is 0.231 e. The number of benzene rings is 2. The monoisotopic (exact) mass is 374 g/mol. The Labute approximate surface area is 153 Å². The van der Waals surface area contributed by atoms with Crippen LogP contribution in [0.15, 0.2) is 48.5 Å². The highest BCUT2D eigenvalue weighted by Crippen LogP contribution is 2.33. The molecule has 6 nitrogen and oxygen atoms in total. The van der Waals surface area contributed by atoms with Crippen LogP contribution in [0, 0.1) is 0 Å². The molecule has 26 heavy (non-hydrogen) atoms. The topological polar surface area (TPSA) is 75.7 Å². The predicted octanol–water partition coefficient (Wildman–Crippen LogP) is 2.80. The van der Waals surface area contributed by atoms with Gasteiger partial charge >= 0.3 is 0 Å². The van der Waals surface area contributed by atoms with E-state index in [1.165, 1.54) is 0 Å². The number of amides is 1. The molecular weight excluding hydrogens is 352 g/mol. The number of carbonyl (C=O) groups excluding carboxylic acids is 1. The van der Waals surface area contributed by atoms with Crippen molar-refractivity contribution in [1.29, 1.82) is 0 Å². The third kappa shape index (κ3) is 4.76. The predicted molar refractivity (Wildman–Crippen MR) is 102 cm³/mol. The van der Waals surface area contributed by atoms with Gasteiger partial charge < -0.3 is 9.64 Å². The molecule has 0 radical (unpaired) electrons. The molecule has 2 aromatic carbocycles. The minimum absolute atomic E-state index is 0.0292. The molecule has 1 N–H and O–H groups in total. The lowest BCUT2D eigenvalue weighted by atomic mass is 10.1. The van der Waals surface area contributed by atoms with Crippen molar-refractivity contribution in [1.82, 2.24) is 0 Å². The van der Waals surface area contributed by atoms with Crippen molar-refractivity contribution in [2.45, 2.75) is 25.3 Å². The summed E-state index contributed by atoms with van der Waals surface area (Å²) in [5.74, 6) is 0.788. The van der Waals surface area contributed by atoms with Gasteiger partial charge in [-0.3, -0.25) is 9.52 Å². The normalized spacial score (nSPS) is 13.9. The van der Waals surface area contributed by atoms with Gasteiger partial charge in [0, 0.05) is 17.4 Å². The third-order valence-corrected chi connectivity index (χ3v) is 4.75. The zero-order valence-corrected chi connectivity index (χ0v) is 15.6. The number of carbonyl (C=O) groups is 1. The van der Waals surface area contributed by atoms with Gasteiger partial charge in [-0.15, -0.1) is 0 Å². The van der Waals surface area contributed by atoms with Crippen LogP contribution in [0.1, 0.15) is 18.4 Å². The fourth-order valence-corrected chi connectivity index (χ4v) is 3.36. The first kappa shape index (κ1) is 18.3. The van der Waals surface area contributed by atoms with E-state index >= 15 is 0 Å². The molecule has 0 aromatic heterocycles. The molecule has 0 unspecified atom stereocenters. The summed E-state index contributed by atoms with van der Waals surface area (Å²) in [5, 5.41) is 0. The Hall–Kier alpha value is -2.54. The maximum absolute atomic E-state index is 12.8. The molecule has 1 aliphatic rings. The average molecular weight is 374 g/mol. The summed E-state index contributed by atoms with van der Waals surface area (Å²) in [7, 11) is -1.71. The van der Waals surface area contributed by atoms with Crippen molar-refractivity contribution in [3.63, 3.8) is 0 Å². The SMILES string of the molecule is COc1ccc(CC(=O)N(c2ccc(NS(C)(=O)=O)cc2)C2CC2)cc1. The Balaban J connectivity index is 1.74. The molecule has 7 heteroatoms. The first-order valence-corrected chi connectivity index (χ1v) is 10.3. The lowest BCUT2D eigenvalue weighted by Gasteiger charge is -2.23. The van der Waals surface area contributed by atoms with Gasteiger partial charge in [0.15, 0.2) is 0 Å². The molecule has 138 valence electrons. The average Bonchev–Trinajstić information content (AvgIpc) is 3.41. The highest BCUT2D eigenvalue weighted by molar-refractivity contribution is 7.92. The Kier molecular flexibility index (Phi) is 5.18. The fourth-order valence-electron chi connectivity index (χ4n) is 2.80. The van der Waals surface area contributed by atoms with Crippen molar-refractivity contribution in [2.24, 2.45) is 0 Å². The fraction of sp³-hybridized carbons (Fsp3) is 0.316. The summed E-state index contributed by atoms with van der Waals surface area (Å²) in [6.07, 6.45) is 3.38. The molecule has 0 atom stereocenters. The van der Waals surface area contributed by atoms with Gasteiger partial charge in [0.25, 0.3) is 0 Å².